The van der Waals surface area contributed by atoms with Crippen molar-refractivity contribution in [2.45, 2.75) is 6.92 Å². The smallest absolute Gasteiger partial charge is 0.356 e. The van der Waals surface area contributed by atoms with Crippen LogP contribution in [0.25, 0.3) is 10.4 Å². The number of ether oxygens (including phenoxy) is 1. The van der Waals surface area contributed by atoms with Crippen molar-refractivity contribution in [2.75, 3.05) is 6.61 Å². The molecule has 1 aromatic heterocycles. The summed E-state index contributed by atoms with van der Waals surface area (Å²) >= 11 is 4.50. The third-order valence-electron chi connectivity index (χ3n) is 2.21. The van der Waals surface area contributed by atoms with Crippen LogP contribution in [0.5, 0.6) is 5.75 Å². The lowest BCUT2D eigenvalue weighted by molar-refractivity contribution is 0.0692. The molecule has 2 rings (SSSR count). The molecular formula is C12H10BrNO3S. The quantitative estimate of drug-likeness (QED) is 0.930. The van der Waals surface area contributed by atoms with Gasteiger partial charge in [-0.05, 0) is 40.5 Å². The molecule has 94 valence electrons. The van der Waals surface area contributed by atoms with Gasteiger partial charge in [-0.3, -0.25) is 0 Å². The molecule has 0 bridgehead atoms. The maximum atomic E-state index is 11.1. The first-order chi connectivity index (χ1) is 8.61. The Kier molecular flexibility index (Phi) is 3.98. The van der Waals surface area contributed by atoms with Gasteiger partial charge >= 0.3 is 5.97 Å². The maximum Gasteiger partial charge on any atom is 0.356 e. The van der Waals surface area contributed by atoms with Crippen LogP contribution in [0.1, 0.15) is 17.4 Å². The summed E-state index contributed by atoms with van der Waals surface area (Å²) in [6.45, 7) is 2.47. The number of carboxylic acid groups (broad SMARTS) is 1. The Bertz CT molecular complexity index is 582. The second-order valence-corrected chi connectivity index (χ2v) is 5.69. The van der Waals surface area contributed by atoms with E-state index < -0.39 is 5.97 Å². The standard InChI is InChI=1S/C12H10BrNO3S/c1-2-17-8-5-3-4-7(6-8)10-9(11(15)16)14-12(13)18-10/h3-6H,2H2,1H3,(H,15,16). The van der Waals surface area contributed by atoms with Gasteiger partial charge in [0.2, 0.25) is 0 Å². The average Bonchev–Trinajstić information content (AvgIpc) is 2.72. The van der Waals surface area contributed by atoms with Crippen LogP contribution in [0.3, 0.4) is 0 Å². The first-order valence-electron chi connectivity index (χ1n) is 5.24. The Balaban J connectivity index is 2.47. The van der Waals surface area contributed by atoms with Gasteiger partial charge in [-0.1, -0.05) is 12.1 Å². The molecule has 0 atom stereocenters. The number of nitrogens with zero attached hydrogens (tertiary/aromatic N) is 1. The van der Waals surface area contributed by atoms with Crippen LogP contribution in [0.2, 0.25) is 0 Å². The first kappa shape index (κ1) is 13.0. The minimum absolute atomic E-state index is 0.0560. The van der Waals surface area contributed by atoms with E-state index in [0.29, 0.717) is 15.4 Å². The van der Waals surface area contributed by atoms with Gasteiger partial charge in [0.25, 0.3) is 0 Å². The number of carbonyl (C=O) groups is 1. The van der Waals surface area contributed by atoms with E-state index in [1.54, 1.807) is 0 Å². The highest BCUT2D eigenvalue weighted by atomic mass is 79.9. The second-order valence-electron chi connectivity index (χ2n) is 3.41. The molecule has 18 heavy (non-hydrogen) atoms. The van der Waals surface area contributed by atoms with E-state index in [9.17, 15) is 4.79 Å². The van der Waals surface area contributed by atoms with Crippen LogP contribution >= 0.6 is 27.3 Å². The van der Waals surface area contributed by atoms with Gasteiger partial charge in [0.1, 0.15) is 5.75 Å². The average molecular weight is 328 g/mol. The van der Waals surface area contributed by atoms with E-state index in [1.807, 2.05) is 31.2 Å². The van der Waals surface area contributed by atoms with E-state index in [-0.39, 0.29) is 5.69 Å². The number of benzene rings is 1. The molecule has 0 aliphatic heterocycles. The van der Waals surface area contributed by atoms with Gasteiger partial charge < -0.3 is 9.84 Å². The molecule has 0 amide bonds. The Morgan fingerprint density at radius 3 is 3.00 bits per heavy atom. The van der Waals surface area contributed by atoms with Gasteiger partial charge in [0.05, 0.1) is 11.5 Å². The van der Waals surface area contributed by atoms with Crippen LogP contribution in [0.4, 0.5) is 0 Å². The molecule has 0 saturated heterocycles. The van der Waals surface area contributed by atoms with Crippen molar-refractivity contribution >= 4 is 33.2 Å². The Hall–Kier alpha value is -1.40. The monoisotopic (exact) mass is 327 g/mol. The Morgan fingerprint density at radius 2 is 2.33 bits per heavy atom. The zero-order valence-electron chi connectivity index (χ0n) is 9.51. The normalized spacial score (nSPS) is 10.3. The summed E-state index contributed by atoms with van der Waals surface area (Å²) in [5, 5.41) is 9.11. The zero-order chi connectivity index (χ0) is 13.1. The topological polar surface area (TPSA) is 59.4 Å². The van der Waals surface area contributed by atoms with Crippen LogP contribution in [0.15, 0.2) is 28.2 Å². The molecule has 0 radical (unpaired) electrons. The SMILES string of the molecule is CCOc1cccc(-c2sc(Br)nc2C(=O)O)c1. The molecule has 0 aliphatic carbocycles. The minimum atomic E-state index is -1.03. The maximum absolute atomic E-state index is 11.1. The van der Waals surface area contributed by atoms with Gasteiger partial charge in [-0.15, -0.1) is 11.3 Å². The molecule has 0 unspecified atom stereocenters. The number of rotatable bonds is 4. The van der Waals surface area contributed by atoms with E-state index in [4.69, 9.17) is 9.84 Å². The molecule has 4 nitrogen and oxygen atoms in total. The summed E-state index contributed by atoms with van der Waals surface area (Å²) < 4.78 is 5.95. The molecule has 6 heteroatoms. The number of hydrogen-bond acceptors (Lipinski definition) is 4. The number of hydrogen-bond donors (Lipinski definition) is 1. The Labute approximate surface area is 116 Å². The predicted molar refractivity (Wildman–Crippen MR) is 73.4 cm³/mol. The van der Waals surface area contributed by atoms with Gasteiger partial charge in [0, 0.05) is 0 Å². The molecular weight excluding hydrogens is 318 g/mol. The number of thiazole rings is 1. The molecule has 1 aromatic carbocycles. The fraction of sp³-hybridized carbons (Fsp3) is 0.167. The third-order valence-corrected chi connectivity index (χ3v) is 3.77. The molecule has 2 aromatic rings. The van der Waals surface area contributed by atoms with E-state index in [1.165, 1.54) is 11.3 Å². The van der Waals surface area contributed by atoms with E-state index >= 15 is 0 Å². The fourth-order valence-corrected chi connectivity index (χ4v) is 2.97. The van der Waals surface area contributed by atoms with Crippen molar-refractivity contribution in [3.8, 4) is 16.2 Å². The van der Waals surface area contributed by atoms with E-state index in [0.717, 1.165) is 11.3 Å². The number of halogens is 1. The highest BCUT2D eigenvalue weighted by Crippen LogP contribution is 2.34. The highest BCUT2D eigenvalue weighted by molar-refractivity contribution is 9.11. The molecule has 1 heterocycles. The Morgan fingerprint density at radius 1 is 1.56 bits per heavy atom. The lowest BCUT2D eigenvalue weighted by Crippen LogP contribution is -1.98. The van der Waals surface area contributed by atoms with Crippen LogP contribution in [-0.4, -0.2) is 22.7 Å². The summed E-state index contributed by atoms with van der Waals surface area (Å²) in [6, 6.07) is 7.33. The number of aromatic carboxylic acids is 1. The lowest BCUT2D eigenvalue weighted by atomic mass is 10.1. The zero-order valence-corrected chi connectivity index (χ0v) is 11.9. The summed E-state index contributed by atoms with van der Waals surface area (Å²) in [4.78, 5) is 15.7. The van der Waals surface area contributed by atoms with Crippen molar-refractivity contribution in [1.82, 2.24) is 4.98 Å². The number of carboxylic acids is 1. The van der Waals surface area contributed by atoms with Crippen molar-refractivity contribution in [2.24, 2.45) is 0 Å². The third kappa shape index (κ3) is 2.70. The highest BCUT2D eigenvalue weighted by Gasteiger charge is 2.18. The molecule has 0 saturated carbocycles. The first-order valence-corrected chi connectivity index (χ1v) is 6.85. The fourth-order valence-electron chi connectivity index (χ4n) is 1.53. The summed E-state index contributed by atoms with van der Waals surface area (Å²) in [7, 11) is 0. The molecule has 0 aliphatic rings. The van der Waals surface area contributed by atoms with Crippen LogP contribution < -0.4 is 4.74 Å². The number of aromatic nitrogens is 1. The lowest BCUT2D eigenvalue weighted by Gasteiger charge is -2.05. The summed E-state index contributed by atoms with van der Waals surface area (Å²) in [5.74, 6) is -0.315. The predicted octanol–water partition coefficient (Wildman–Crippen LogP) is 3.67. The summed E-state index contributed by atoms with van der Waals surface area (Å²) in [6.07, 6.45) is 0. The van der Waals surface area contributed by atoms with Crippen molar-refractivity contribution in [1.29, 1.82) is 0 Å². The molecule has 0 spiro atoms. The largest absolute Gasteiger partial charge is 0.494 e. The van der Waals surface area contributed by atoms with E-state index in [2.05, 4.69) is 20.9 Å². The molecule has 0 fully saturated rings. The summed E-state index contributed by atoms with van der Waals surface area (Å²) in [5.41, 5.74) is 0.849. The van der Waals surface area contributed by atoms with Gasteiger partial charge in [0.15, 0.2) is 9.61 Å². The van der Waals surface area contributed by atoms with Gasteiger partial charge in [-0.25, -0.2) is 9.78 Å². The van der Waals surface area contributed by atoms with Crippen LogP contribution in [0, 0.1) is 0 Å². The van der Waals surface area contributed by atoms with Crippen LogP contribution in [-0.2, 0) is 0 Å². The minimum Gasteiger partial charge on any atom is -0.494 e. The molecule has 1 N–H and O–H groups in total. The van der Waals surface area contributed by atoms with Crippen molar-refractivity contribution in [3.63, 3.8) is 0 Å². The van der Waals surface area contributed by atoms with Crippen molar-refractivity contribution < 1.29 is 14.6 Å². The van der Waals surface area contributed by atoms with Crippen molar-refractivity contribution in [3.05, 3.63) is 33.9 Å². The van der Waals surface area contributed by atoms with Gasteiger partial charge in [-0.2, -0.15) is 0 Å². The second kappa shape index (κ2) is 5.49.